The van der Waals surface area contributed by atoms with Gasteiger partial charge in [0, 0.05) is 23.2 Å². The van der Waals surface area contributed by atoms with Gasteiger partial charge in [0.1, 0.15) is 12.2 Å². The Balaban J connectivity index is 1.97. The Labute approximate surface area is 126 Å². The first-order valence-corrected chi connectivity index (χ1v) is 6.78. The number of ether oxygens (including phenoxy) is 1. The van der Waals surface area contributed by atoms with E-state index in [-0.39, 0.29) is 6.61 Å². The van der Waals surface area contributed by atoms with E-state index in [0.717, 1.165) is 16.5 Å². The van der Waals surface area contributed by atoms with Crippen molar-refractivity contribution in [1.82, 2.24) is 4.98 Å². The fourth-order valence-corrected chi connectivity index (χ4v) is 2.26. The normalized spacial score (nSPS) is 10.8. The zero-order valence-corrected chi connectivity index (χ0v) is 12.1. The molecule has 0 N–H and O–H groups in total. The number of fused-ring (bicyclic) bond motifs is 1. The molecule has 5 heteroatoms. The number of benzene rings is 1. The SMILES string of the molecule is Cc1ccc2c(COc3cccnc3Cl)cc(=O)oc2c1. The smallest absolute Gasteiger partial charge is 0.336 e. The van der Waals surface area contributed by atoms with E-state index in [0.29, 0.717) is 16.5 Å². The fraction of sp³-hybridized carbons (Fsp3) is 0.125. The monoisotopic (exact) mass is 301 g/mol. The largest absolute Gasteiger partial charge is 0.486 e. The van der Waals surface area contributed by atoms with Crippen molar-refractivity contribution in [3.63, 3.8) is 0 Å². The molecule has 106 valence electrons. The van der Waals surface area contributed by atoms with Gasteiger partial charge < -0.3 is 9.15 Å². The van der Waals surface area contributed by atoms with Crippen LogP contribution in [0.25, 0.3) is 11.0 Å². The molecule has 0 saturated carbocycles. The summed E-state index contributed by atoms with van der Waals surface area (Å²) < 4.78 is 10.9. The highest BCUT2D eigenvalue weighted by Gasteiger charge is 2.08. The average Bonchev–Trinajstić information content (AvgIpc) is 2.45. The van der Waals surface area contributed by atoms with Crippen LogP contribution in [-0.4, -0.2) is 4.98 Å². The number of hydrogen-bond donors (Lipinski definition) is 0. The molecule has 0 unspecified atom stereocenters. The molecule has 3 rings (SSSR count). The van der Waals surface area contributed by atoms with Crippen LogP contribution in [-0.2, 0) is 6.61 Å². The van der Waals surface area contributed by atoms with Gasteiger partial charge in [-0.3, -0.25) is 0 Å². The number of pyridine rings is 1. The zero-order valence-electron chi connectivity index (χ0n) is 11.3. The van der Waals surface area contributed by atoms with Crippen LogP contribution in [0.4, 0.5) is 0 Å². The van der Waals surface area contributed by atoms with Crippen LogP contribution in [0.1, 0.15) is 11.1 Å². The van der Waals surface area contributed by atoms with Crippen LogP contribution in [0.2, 0.25) is 5.15 Å². The van der Waals surface area contributed by atoms with Gasteiger partial charge in [0.25, 0.3) is 0 Å². The van der Waals surface area contributed by atoms with E-state index in [4.69, 9.17) is 20.8 Å². The molecule has 2 heterocycles. The van der Waals surface area contributed by atoms with Gasteiger partial charge in [0.05, 0.1) is 0 Å². The molecule has 0 aliphatic heterocycles. The van der Waals surface area contributed by atoms with Crippen molar-refractivity contribution in [3.8, 4) is 5.75 Å². The van der Waals surface area contributed by atoms with Crippen molar-refractivity contribution in [2.24, 2.45) is 0 Å². The molecule has 0 atom stereocenters. The molecule has 0 spiro atoms. The summed E-state index contributed by atoms with van der Waals surface area (Å²) in [5, 5.41) is 1.14. The molecule has 0 bridgehead atoms. The molecule has 21 heavy (non-hydrogen) atoms. The molecular formula is C16H12ClNO3. The van der Waals surface area contributed by atoms with Crippen molar-refractivity contribution < 1.29 is 9.15 Å². The molecule has 0 radical (unpaired) electrons. The van der Waals surface area contributed by atoms with Gasteiger partial charge in [0.15, 0.2) is 10.9 Å². The Kier molecular flexibility index (Phi) is 3.62. The van der Waals surface area contributed by atoms with E-state index >= 15 is 0 Å². The Morgan fingerprint density at radius 1 is 1.29 bits per heavy atom. The zero-order chi connectivity index (χ0) is 14.8. The lowest BCUT2D eigenvalue weighted by Crippen LogP contribution is -2.04. The number of nitrogens with zero attached hydrogens (tertiary/aromatic N) is 1. The lowest BCUT2D eigenvalue weighted by atomic mass is 10.1. The molecule has 0 amide bonds. The maximum atomic E-state index is 11.6. The van der Waals surface area contributed by atoms with Crippen LogP contribution < -0.4 is 10.4 Å². The minimum atomic E-state index is -0.399. The van der Waals surface area contributed by atoms with Crippen LogP contribution >= 0.6 is 11.6 Å². The summed E-state index contributed by atoms with van der Waals surface area (Å²) in [5.41, 5.74) is 1.93. The first-order chi connectivity index (χ1) is 10.1. The lowest BCUT2D eigenvalue weighted by molar-refractivity contribution is 0.305. The Bertz CT molecular complexity index is 858. The van der Waals surface area contributed by atoms with Crippen molar-refractivity contribution in [3.05, 3.63) is 69.3 Å². The first kappa shape index (κ1) is 13.6. The Hall–Kier alpha value is -2.33. The van der Waals surface area contributed by atoms with Gasteiger partial charge in [0.2, 0.25) is 0 Å². The Morgan fingerprint density at radius 3 is 2.95 bits per heavy atom. The van der Waals surface area contributed by atoms with E-state index in [1.54, 1.807) is 18.3 Å². The van der Waals surface area contributed by atoms with Gasteiger partial charge in [-0.05, 0) is 30.7 Å². The van der Waals surface area contributed by atoms with Gasteiger partial charge in [-0.1, -0.05) is 23.7 Å². The molecular weight excluding hydrogens is 290 g/mol. The highest BCUT2D eigenvalue weighted by Crippen LogP contribution is 2.24. The van der Waals surface area contributed by atoms with E-state index in [1.165, 1.54) is 6.07 Å². The quantitative estimate of drug-likeness (QED) is 0.546. The van der Waals surface area contributed by atoms with Crippen LogP contribution in [0, 0.1) is 6.92 Å². The maximum Gasteiger partial charge on any atom is 0.336 e. The highest BCUT2D eigenvalue weighted by molar-refractivity contribution is 6.30. The standard InChI is InChI=1S/C16H12ClNO3/c1-10-4-5-12-11(8-15(19)21-14(12)7-10)9-20-13-3-2-6-18-16(13)17/h2-8H,9H2,1H3. The topological polar surface area (TPSA) is 52.3 Å². The fourth-order valence-electron chi connectivity index (χ4n) is 2.09. The Morgan fingerprint density at radius 2 is 2.14 bits per heavy atom. The molecule has 0 saturated heterocycles. The van der Waals surface area contributed by atoms with E-state index in [1.807, 2.05) is 25.1 Å². The third-order valence-corrected chi connectivity index (χ3v) is 3.38. The summed E-state index contributed by atoms with van der Waals surface area (Å²) in [6, 6.07) is 10.6. The number of rotatable bonds is 3. The molecule has 0 fully saturated rings. The van der Waals surface area contributed by atoms with E-state index in [2.05, 4.69) is 4.98 Å². The average molecular weight is 302 g/mol. The summed E-state index contributed by atoms with van der Waals surface area (Å²) >= 11 is 5.94. The number of hydrogen-bond acceptors (Lipinski definition) is 4. The number of halogens is 1. The maximum absolute atomic E-state index is 11.6. The number of aryl methyl sites for hydroxylation is 1. The molecule has 0 aliphatic rings. The van der Waals surface area contributed by atoms with Crippen LogP contribution in [0.3, 0.4) is 0 Å². The second-order valence-corrected chi connectivity index (χ2v) is 5.03. The second kappa shape index (κ2) is 5.58. The molecule has 0 aliphatic carbocycles. The summed E-state index contributed by atoms with van der Waals surface area (Å²) in [7, 11) is 0. The lowest BCUT2D eigenvalue weighted by Gasteiger charge is -2.09. The van der Waals surface area contributed by atoms with Gasteiger partial charge in [-0.2, -0.15) is 0 Å². The highest BCUT2D eigenvalue weighted by atomic mass is 35.5. The predicted molar refractivity (Wildman–Crippen MR) is 80.8 cm³/mol. The van der Waals surface area contributed by atoms with Crippen molar-refractivity contribution in [2.45, 2.75) is 13.5 Å². The minimum Gasteiger partial charge on any atom is -0.486 e. The van der Waals surface area contributed by atoms with Crippen molar-refractivity contribution in [2.75, 3.05) is 0 Å². The second-order valence-electron chi connectivity index (χ2n) is 4.67. The molecule has 4 nitrogen and oxygen atoms in total. The predicted octanol–water partition coefficient (Wildman–Crippen LogP) is 3.73. The van der Waals surface area contributed by atoms with Gasteiger partial charge in [-0.15, -0.1) is 0 Å². The third-order valence-electron chi connectivity index (χ3n) is 3.09. The van der Waals surface area contributed by atoms with Gasteiger partial charge in [-0.25, -0.2) is 9.78 Å². The first-order valence-electron chi connectivity index (χ1n) is 6.40. The van der Waals surface area contributed by atoms with Crippen LogP contribution in [0.15, 0.2) is 51.8 Å². The van der Waals surface area contributed by atoms with Crippen molar-refractivity contribution >= 4 is 22.6 Å². The summed E-state index contributed by atoms with van der Waals surface area (Å²) in [4.78, 5) is 15.6. The van der Waals surface area contributed by atoms with Gasteiger partial charge >= 0.3 is 5.63 Å². The van der Waals surface area contributed by atoms with Crippen LogP contribution in [0.5, 0.6) is 5.75 Å². The molecule has 2 aromatic heterocycles. The van der Waals surface area contributed by atoms with E-state index in [9.17, 15) is 4.79 Å². The summed E-state index contributed by atoms with van der Waals surface area (Å²) in [6.07, 6.45) is 1.59. The third kappa shape index (κ3) is 2.90. The molecule has 3 aromatic rings. The minimum absolute atomic E-state index is 0.219. The summed E-state index contributed by atoms with van der Waals surface area (Å²) in [6.45, 7) is 2.16. The van der Waals surface area contributed by atoms with E-state index < -0.39 is 5.63 Å². The van der Waals surface area contributed by atoms with Crippen molar-refractivity contribution in [1.29, 1.82) is 0 Å². The number of aromatic nitrogens is 1. The summed E-state index contributed by atoms with van der Waals surface area (Å²) in [5.74, 6) is 0.479. The molecule has 1 aromatic carbocycles.